The average molecular weight is 675 g/mol. The van der Waals surface area contributed by atoms with Crippen LogP contribution in [0.1, 0.15) is 51.1 Å². The number of ether oxygens (including phenoxy) is 1. The predicted octanol–water partition coefficient (Wildman–Crippen LogP) is 4.80. The van der Waals surface area contributed by atoms with Gasteiger partial charge in [-0.15, -0.1) is 0 Å². The van der Waals surface area contributed by atoms with Crippen LogP contribution in [0, 0.1) is 5.41 Å². The zero-order valence-electron chi connectivity index (χ0n) is 28.4. The monoisotopic (exact) mass is 674 g/mol. The number of amides is 2. The number of carbonyl (C=O) groups is 2. The lowest BCUT2D eigenvalue weighted by Crippen LogP contribution is -2.41. The number of rotatable bonds is 13. The van der Waals surface area contributed by atoms with Crippen LogP contribution in [0.2, 0.25) is 0 Å². The Bertz CT molecular complexity index is 1770. The number of morpholine rings is 1. The van der Waals surface area contributed by atoms with Gasteiger partial charge in [-0.2, -0.15) is 0 Å². The molecule has 3 heterocycles. The molecule has 5 N–H and O–H groups in total. The summed E-state index contributed by atoms with van der Waals surface area (Å²) in [5.74, 6) is 5.76. The highest BCUT2D eigenvalue weighted by molar-refractivity contribution is 6.08. The molecule has 4 aromatic rings. The van der Waals surface area contributed by atoms with E-state index in [9.17, 15) is 9.59 Å². The fraction of sp³-hybridized carbons (Fsp3) is 0.333. The molecule has 50 heavy (non-hydrogen) atoms. The first-order chi connectivity index (χ1) is 24.4. The van der Waals surface area contributed by atoms with Crippen LogP contribution in [0.3, 0.4) is 0 Å². The summed E-state index contributed by atoms with van der Waals surface area (Å²) in [7, 11) is 0. The van der Waals surface area contributed by atoms with Gasteiger partial charge in [0, 0.05) is 80.0 Å². The van der Waals surface area contributed by atoms with Crippen molar-refractivity contribution in [3.63, 3.8) is 0 Å². The summed E-state index contributed by atoms with van der Waals surface area (Å²) in [6.45, 7) is 7.12. The topological polar surface area (TPSA) is 140 Å². The highest BCUT2D eigenvalue weighted by Gasteiger charge is 2.19. The summed E-state index contributed by atoms with van der Waals surface area (Å²) < 4.78 is 5.40. The van der Waals surface area contributed by atoms with Crippen molar-refractivity contribution in [2.45, 2.75) is 25.8 Å². The minimum atomic E-state index is -0.330. The van der Waals surface area contributed by atoms with Crippen molar-refractivity contribution in [1.82, 2.24) is 20.2 Å². The molecular formula is C39H46N8O3. The molecule has 0 bridgehead atoms. The van der Waals surface area contributed by atoms with Gasteiger partial charge in [0.1, 0.15) is 0 Å². The number of hydrogen-bond donors (Lipinski definition) is 4. The Morgan fingerprint density at radius 1 is 0.840 bits per heavy atom. The van der Waals surface area contributed by atoms with Crippen molar-refractivity contribution in [2.75, 3.05) is 69.2 Å². The molecule has 2 aliphatic heterocycles. The van der Waals surface area contributed by atoms with E-state index in [1.807, 2.05) is 54.6 Å². The Hall–Kier alpha value is -4.94. The molecule has 2 saturated heterocycles. The van der Waals surface area contributed by atoms with E-state index in [0.717, 1.165) is 62.4 Å². The minimum Gasteiger partial charge on any atom is -0.379 e. The van der Waals surface area contributed by atoms with E-state index in [0.29, 0.717) is 60.1 Å². The van der Waals surface area contributed by atoms with Gasteiger partial charge < -0.3 is 25.7 Å². The molecule has 11 nitrogen and oxygen atoms in total. The summed E-state index contributed by atoms with van der Waals surface area (Å²) in [6.07, 6.45) is 5.18. The van der Waals surface area contributed by atoms with Gasteiger partial charge in [0.05, 0.1) is 36.9 Å². The molecule has 2 fully saturated rings. The van der Waals surface area contributed by atoms with Crippen LogP contribution in [-0.4, -0.2) is 91.4 Å². The van der Waals surface area contributed by atoms with E-state index in [-0.39, 0.29) is 18.4 Å². The number of anilines is 2. The summed E-state index contributed by atoms with van der Waals surface area (Å²) in [5.41, 5.74) is 5.99. The van der Waals surface area contributed by atoms with Crippen molar-refractivity contribution in [1.29, 1.82) is 5.41 Å². The Kier molecular flexibility index (Phi) is 12.0. The van der Waals surface area contributed by atoms with Gasteiger partial charge in [-0.1, -0.05) is 36.4 Å². The maximum absolute atomic E-state index is 13.7. The fourth-order valence-electron chi connectivity index (χ4n) is 6.39. The van der Waals surface area contributed by atoms with Crippen LogP contribution in [-0.2, 0) is 11.3 Å². The number of nitrogens with two attached hydrogens (primary N) is 1. The average Bonchev–Trinajstić information content (AvgIpc) is 3.16. The van der Waals surface area contributed by atoms with Crippen LogP contribution in [0.15, 0.2) is 91.1 Å². The first kappa shape index (κ1) is 34.9. The Morgan fingerprint density at radius 2 is 1.60 bits per heavy atom. The molecule has 0 saturated carbocycles. The minimum absolute atomic E-state index is 0.220. The smallest absolute Gasteiger partial charge is 0.255 e. The predicted molar refractivity (Wildman–Crippen MR) is 198 cm³/mol. The lowest BCUT2D eigenvalue weighted by Gasteiger charge is -2.29. The number of nitrogens with one attached hydrogen (secondary N) is 3. The number of nitrogens with zero attached hydrogens (tertiary/aromatic N) is 4. The van der Waals surface area contributed by atoms with Crippen molar-refractivity contribution in [3.05, 3.63) is 113 Å². The van der Waals surface area contributed by atoms with Gasteiger partial charge in [-0.25, -0.2) is 5.01 Å². The maximum atomic E-state index is 13.7. The van der Waals surface area contributed by atoms with Crippen molar-refractivity contribution in [3.8, 4) is 11.3 Å². The maximum Gasteiger partial charge on any atom is 0.255 e. The zero-order chi connectivity index (χ0) is 34.7. The molecule has 0 unspecified atom stereocenters. The second-order valence-electron chi connectivity index (χ2n) is 12.8. The van der Waals surface area contributed by atoms with E-state index in [1.165, 1.54) is 6.42 Å². The quantitative estimate of drug-likeness (QED) is 0.0902. The van der Waals surface area contributed by atoms with Crippen molar-refractivity contribution >= 4 is 28.9 Å². The summed E-state index contributed by atoms with van der Waals surface area (Å²) in [5, 5.41) is 16.5. The molecule has 2 amide bonds. The third-order valence-electron chi connectivity index (χ3n) is 9.15. The first-order valence-electron chi connectivity index (χ1n) is 17.4. The number of pyridine rings is 1. The number of aromatic nitrogens is 1. The molecule has 0 radical (unpaired) electrons. The molecule has 2 aliphatic rings. The summed E-state index contributed by atoms with van der Waals surface area (Å²) >= 11 is 0. The lowest BCUT2D eigenvalue weighted by molar-refractivity contribution is 0.0383. The zero-order valence-corrected chi connectivity index (χ0v) is 28.4. The van der Waals surface area contributed by atoms with Crippen LogP contribution < -0.4 is 21.4 Å². The molecule has 3 aromatic carbocycles. The number of hydrazine groups is 1. The van der Waals surface area contributed by atoms with E-state index < -0.39 is 0 Å². The second-order valence-corrected chi connectivity index (χ2v) is 12.8. The highest BCUT2D eigenvalue weighted by Crippen LogP contribution is 2.33. The van der Waals surface area contributed by atoms with E-state index in [1.54, 1.807) is 35.5 Å². The third kappa shape index (κ3) is 9.39. The van der Waals surface area contributed by atoms with Gasteiger partial charge in [0.15, 0.2) is 0 Å². The van der Waals surface area contributed by atoms with Crippen LogP contribution in [0.25, 0.3) is 11.3 Å². The lowest BCUT2D eigenvalue weighted by atomic mass is 10.0. The molecule has 0 atom stereocenters. The number of benzene rings is 3. The Labute approximate surface area is 293 Å². The summed E-state index contributed by atoms with van der Waals surface area (Å²) in [6, 6.07) is 26.4. The molecular weight excluding hydrogens is 628 g/mol. The van der Waals surface area contributed by atoms with Crippen molar-refractivity contribution < 1.29 is 14.3 Å². The number of carbonyl (C=O) groups excluding carboxylic acids is 2. The summed E-state index contributed by atoms with van der Waals surface area (Å²) in [4.78, 5) is 36.0. The van der Waals surface area contributed by atoms with Crippen LogP contribution >= 0.6 is 0 Å². The van der Waals surface area contributed by atoms with Gasteiger partial charge in [0.25, 0.3) is 11.8 Å². The largest absolute Gasteiger partial charge is 0.379 e. The molecule has 260 valence electrons. The van der Waals surface area contributed by atoms with Crippen LogP contribution in [0.4, 0.5) is 11.4 Å². The molecule has 6 rings (SSSR count). The van der Waals surface area contributed by atoms with Gasteiger partial charge >= 0.3 is 0 Å². The third-order valence-corrected chi connectivity index (χ3v) is 9.15. The molecule has 11 heteroatoms. The first-order valence-corrected chi connectivity index (χ1v) is 17.4. The van der Waals surface area contributed by atoms with E-state index in [2.05, 4.69) is 26.5 Å². The number of piperidine rings is 1. The standard InChI is InChI=1S/C39H46N8O3/c40-35(28-47(41)27-29-8-3-1-4-9-29)30-14-15-42-37(25-30)34-26-33(46-17-5-2-6-18-46)12-13-36(34)44-39(49)32-11-7-10-31(24-32)38(48)43-16-19-45-20-22-50-23-21-45/h1,3-4,7-15,24-26,40H,2,5-6,16-23,27-28,41H2,(H,43,48)(H,44,49). The molecule has 1 aromatic heterocycles. The van der Waals surface area contributed by atoms with Crippen LogP contribution in [0.5, 0.6) is 0 Å². The van der Waals surface area contributed by atoms with Gasteiger partial charge in [-0.05, 0) is 73.4 Å². The molecule has 0 aliphatic carbocycles. The Morgan fingerprint density at radius 3 is 2.38 bits per heavy atom. The molecule has 0 spiro atoms. The normalized spacial score (nSPS) is 15.1. The SMILES string of the molecule is N=C(CN(N)Cc1ccccc1)c1ccnc(-c2cc(N3CCCCC3)ccc2NC(=O)c2cccc(C(=O)NCCN3CCOCC3)c2)c1. The van der Waals surface area contributed by atoms with E-state index >= 15 is 0 Å². The van der Waals surface area contributed by atoms with Gasteiger partial charge in [-0.3, -0.25) is 25.3 Å². The fourth-order valence-corrected chi connectivity index (χ4v) is 6.39. The highest BCUT2D eigenvalue weighted by atomic mass is 16.5. The van der Waals surface area contributed by atoms with Gasteiger partial charge in [0.2, 0.25) is 0 Å². The van der Waals surface area contributed by atoms with E-state index in [4.69, 9.17) is 21.0 Å². The number of hydrogen-bond acceptors (Lipinski definition) is 9. The second kappa shape index (κ2) is 17.1. The Balaban J connectivity index is 1.19. The van der Waals surface area contributed by atoms with Crippen molar-refractivity contribution in [2.24, 2.45) is 5.84 Å².